The minimum Gasteiger partial charge on any atom is -0.332 e. The van der Waals surface area contributed by atoms with Gasteiger partial charge in [0.25, 0.3) is 5.69 Å². The van der Waals surface area contributed by atoms with E-state index >= 15 is 0 Å². The molecule has 0 saturated heterocycles. The van der Waals surface area contributed by atoms with Crippen molar-refractivity contribution >= 4 is 17.4 Å². The fraction of sp³-hybridized carbons (Fsp3) is 0.364. The molecule has 2 amide bonds. The predicted octanol–water partition coefficient (Wildman–Crippen LogP) is 1.45. The second kappa shape index (κ2) is 5.46. The summed E-state index contributed by atoms with van der Waals surface area (Å²) in [6, 6.07) is 5.17. The number of benzene rings is 1. The van der Waals surface area contributed by atoms with E-state index in [0.29, 0.717) is 12.2 Å². The monoisotopic (exact) mass is 252 g/mol. The van der Waals surface area contributed by atoms with Gasteiger partial charge in [-0.2, -0.15) is 0 Å². The van der Waals surface area contributed by atoms with Gasteiger partial charge in [-0.05, 0) is 26.0 Å². The van der Waals surface area contributed by atoms with Crippen LogP contribution in [-0.4, -0.2) is 23.0 Å². The summed E-state index contributed by atoms with van der Waals surface area (Å²) in [5.74, 6) is 0. The van der Waals surface area contributed by atoms with Crippen molar-refractivity contribution in [2.75, 3.05) is 11.9 Å². The van der Waals surface area contributed by atoms with Crippen LogP contribution in [0.15, 0.2) is 24.3 Å². The lowest BCUT2D eigenvalue weighted by Gasteiger charge is -2.24. The quantitative estimate of drug-likeness (QED) is 0.556. The van der Waals surface area contributed by atoms with Crippen molar-refractivity contribution in [3.63, 3.8) is 0 Å². The van der Waals surface area contributed by atoms with Crippen LogP contribution in [0.5, 0.6) is 0 Å². The minimum absolute atomic E-state index is 0.0248. The van der Waals surface area contributed by atoms with Crippen molar-refractivity contribution in [2.24, 2.45) is 5.73 Å². The van der Waals surface area contributed by atoms with Gasteiger partial charge >= 0.3 is 6.03 Å². The van der Waals surface area contributed by atoms with Crippen LogP contribution in [0, 0.1) is 10.1 Å². The van der Waals surface area contributed by atoms with Gasteiger partial charge in [0.1, 0.15) is 0 Å². The Morgan fingerprint density at radius 1 is 1.39 bits per heavy atom. The number of nitrogens with two attached hydrogens (primary N) is 1. The summed E-state index contributed by atoms with van der Waals surface area (Å²) >= 11 is 0. The Kier molecular flexibility index (Phi) is 4.22. The molecule has 4 N–H and O–H groups in total. The fourth-order valence-corrected chi connectivity index (χ4v) is 1.19. The highest BCUT2D eigenvalue weighted by Gasteiger charge is 2.18. The Labute approximate surface area is 105 Å². The zero-order valence-corrected chi connectivity index (χ0v) is 10.3. The SMILES string of the molecule is CC(C)(CN)NC(=O)Nc1ccc([N+](=O)[O-])cc1. The van der Waals surface area contributed by atoms with Gasteiger partial charge in [0.2, 0.25) is 0 Å². The van der Waals surface area contributed by atoms with E-state index in [1.54, 1.807) is 13.8 Å². The third-order valence-corrected chi connectivity index (χ3v) is 2.30. The van der Waals surface area contributed by atoms with Crippen molar-refractivity contribution in [2.45, 2.75) is 19.4 Å². The smallest absolute Gasteiger partial charge is 0.319 e. The molecule has 1 aromatic carbocycles. The first-order valence-corrected chi connectivity index (χ1v) is 5.38. The molecule has 0 aliphatic rings. The normalized spacial score (nSPS) is 10.8. The van der Waals surface area contributed by atoms with Gasteiger partial charge in [0, 0.05) is 29.9 Å². The average Bonchev–Trinajstić information content (AvgIpc) is 2.29. The van der Waals surface area contributed by atoms with Crippen LogP contribution >= 0.6 is 0 Å². The zero-order chi connectivity index (χ0) is 13.8. The molecule has 7 nitrogen and oxygen atoms in total. The van der Waals surface area contributed by atoms with Crippen molar-refractivity contribution in [3.8, 4) is 0 Å². The highest BCUT2D eigenvalue weighted by atomic mass is 16.6. The second-order valence-electron chi connectivity index (χ2n) is 4.47. The Balaban J connectivity index is 2.63. The van der Waals surface area contributed by atoms with E-state index in [2.05, 4.69) is 10.6 Å². The van der Waals surface area contributed by atoms with Crippen molar-refractivity contribution in [3.05, 3.63) is 34.4 Å². The van der Waals surface area contributed by atoms with E-state index in [9.17, 15) is 14.9 Å². The highest BCUT2D eigenvalue weighted by Crippen LogP contribution is 2.15. The summed E-state index contributed by atoms with van der Waals surface area (Å²) in [5.41, 5.74) is 5.43. The zero-order valence-electron chi connectivity index (χ0n) is 10.3. The maximum absolute atomic E-state index is 11.6. The van der Waals surface area contributed by atoms with Crippen molar-refractivity contribution in [1.29, 1.82) is 0 Å². The number of nitro benzene ring substituents is 1. The summed E-state index contributed by atoms with van der Waals surface area (Å²) in [7, 11) is 0. The number of carbonyl (C=O) groups is 1. The number of urea groups is 1. The Morgan fingerprint density at radius 3 is 2.39 bits per heavy atom. The number of rotatable bonds is 4. The summed E-state index contributed by atoms with van der Waals surface area (Å²) in [5, 5.41) is 15.7. The third kappa shape index (κ3) is 4.02. The number of hydrogen-bond donors (Lipinski definition) is 3. The molecule has 18 heavy (non-hydrogen) atoms. The molecule has 7 heteroatoms. The van der Waals surface area contributed by atoms with Gasteiger partial charge in [-0.1, -0.05) is 0 Å². The molecular weight excluding hydrogens is 236 g/mol. The van der Waals surface area contributed by atoms with Crippen LogP contribution in [-0.2, 0) is 0 Å². The Bertz CT molecular complexity index is 442. The molecule has 0 saturated carbocycles. The summed E-state index contributed by atoms with van der Waals surface area (Å²) < 4.78 is 0. The van der Waals surface area contributed by atoms with Gasteiger partial charge in [0.05, 0.1) is 4.92 Å². The average molecular weight is 252 g/mol. The lowest BCUT2D eigenvalue weighted by atomic mass is 10.1. The first-order valence-electron chi connectivity index (χ1n) is 5.38. The Hall–Kier alpha value is -2.15. The van der Waals surface area contributed by atoms with Gasteiger partial charge in [-0.15, -0.1) is 0 Å². The maximum Gasteiger partial charge on any atom is 0.319 e. The molecule has 0 fully saturated rings. The number of nitro groups is 1. The van der Waals surface area contributed by atoms with Gasteiger partial charge in [-0.25, -0.2) is 4.79 Å². The van der Waals surface area contributed by atoms with Crippen LogP contribution in [0.1, 0.15) is 13.8 Å². The highest BCUT2D eigenvalue weighted by molar-refractivity contribution is 5.89. The number of amides is 2. The number of non-ortho nitro benzene ring substituents is 1. The minimum atomic E-state index is -0.509. The molecule has 0 atom stereocenters. The van der Waals surface area contributed by atoms with E-state index in [1.807, 2.05) is 0 Å². The van der Waals surface area contributed by atoms with Crippen molar-refractivity contribution < 1.29 is 9.72 Å². The number of carbonyl (C=O) groups excluding carboxylic acids is 1. The second-order valence-corrected chi connectivity index (χ2v) is 4.47. The standard InChI is InChI=1S/C11H16N4O3/c1-11(2,7-12)14-10(16)13-8-3-5-9(6-4-8)15(17)18/h3-6H,7,12H2,1-2H3,(H2,13,14,16). The molecule has 0 aromatic heterocycles. The van der Waals surface area contributed by atoms with E-state index in [-0.39, 0.29) is 5.69 Å². The van der Waals surface area contributed by atoms with Gasteiger partial charge in [0.15, 0.2) is 0 Å². The van der Waals surface area contributed by atoms with Gasteiger partial charge < -0.3 is 16.4 Å². The van der Waals surface area contributed by atoms with Crippen LogP contribution in [0.2, 0.25) is 0 Å². The number of anilines is 1. The molecule has 0 aliphatic heterocycles. The summed E-state index contributed by atoms with van der Waals surface area (Å²) in [6.07, 6.45) is 0. The molecule has 98 valence electrons. The Morgan fingerprint density at radius 2 is 1.94 bits per heavy atom. The van der Waals surface area contributed by atoms with Crippen LogP contribution in [0.4, 0.5) is 16.2 Å². The molecule has 0 bridgehead atoms. The van der Waals surface area contributed by atoms with E-state index in [1.165, 1.54) is 24.3 Å². The molecule has 1 aromatic rings. The summed E-state index contributed by atoms with van der Waals surface area (Å²) in [4.78, 5) is 21.5. The summed E-state index contributed by atoms with van der Waals surface area (Å²) in [6.45, 7) is 3.89. The van der Waals surface area contributed by atoms with Crippen molar-refractivity contribution in [1.82, 2.24) is 5.32 Å². The molecule has 1 rings (SSSR count). The van der Waals surface area contributed by atoms with Crippen LogP contribution in [0.3, 0.4) is 0 Å². The maximum atomic E-state index is 11.6. The number of hydrogen-bond acceptors (Lipinski definition) is 4. The van der Waals surface area contributed by atoms with Crippen LogP contribution < -0.4 is 16.4 Å². The van der Waals surface area contributed by atoms with Crippen LogP contribution in [0.25, 0.3) is 0 Å². The molecular formula is C11H16N4O3. The fourth-order valence-electron chi connectivity index (χ4n) is 1.19. The molecule has 0 unspecified atom stereocenters. The van der Waals surface area contributed by atoms with E-state index in [4.69, 9.17) is 5.73 Å². The first-order chi connectivity index (χ1) is 8.34. The topological polar surface area (TPSA) is 110 Å². The molecule has 0 radical (unpaired) electrons. The largest absolute Gasteiger partial charge is 0.332 e. The first kappa shape index (κ1) is 13.9. The predicted molar refractivity (Wildman–Crippen MR) is 68.4 cm³/mol. The lowest BCUT2D eigenvalue weighted by molar-refractivity contribution is -0.384. The van der Waals surface area contributed by atoms with E-state index in [0.717, 1.165) is 0 Å². The molecule has 0 aliphatic carbocycles. The third-order valence-electron chi connectivity index (χ3n) is 2.30. The number of nitrogens with one attached hydrogen (secondary N) is 2. The van der Waals surface area contributed by atoms with Gasteiger partial charge in [-0.3, -0.25) is 10.1 Å². The molecule has 0 spiro atoms. The number of nitrogens with zero attached hydrogens (tertiary/aromatic N) is 1. The lowest BCUT2D eigenvalue weighted by Crippen LogP contribution is -2.50. The molecule has 0 heterocycles. The van der Waals surface area contributed by atoms with E-state index < -0.39 is 16.5 Å².